The number of hydrogen-bond donors (Lipinski definition) is 2. The maximum Gasteiger partial charge on any atom is 0.421 e. The van der Waals surface area contributed by atoms with Gasteiger partial charge in [0.15, 0.2) is 0 Å². The van der Waals surface area contributed by atoms with Gasteiger partial charge >= 0.3 is 24.1 Å². The number of halogens is 8. The van der Waals surface area contributed by atoms with Gasteiger partial charge < -0.3 is 10.2 Å². The Labute approximate surface area is 119 Å². The van der Waals surface area contributed by atoms with E-state index in [1.165, 1.54) is 0 Å². The summed E-state index contributed by atoms with van der Waals surface area (Å²) in [5, 5.41) is 16.4. The molecule has 126 valence electrons. The number of hydrogen-bond acceptors (Lipinski definition) is 2. The highest BCUT2D eigenvalue weighted by Gasteiger charge is 2.59. The van der Waals surface area contributed by atoms with Crippen molar-refractivity contribution < 1.29 is 45.3 Å². The fourth-order valence-corrected chi connectivity index (χ4v) is 1.82. The number of aryl methyl sites for hydroxylation is 2. The van der Waals surface area contributed by atoms with Crippen molar-refractivity contribution in [3.8, 4) is 0 Å². The molecule has 0 heterocycles. The molecule has 0 fully saturated rings. The van der Waals surface area contributed by atoms with E-state index in [-0.39, 0.29) is 12.1 Å². The molecule has 0 aliphatic rings. The molecular weight excluding hydrogens is 328 g/mol. The first-order valence-electron chi connectivity index (χ1n) is 5.61. The van der Waals surface area contributed by atoms with Crippen LogP contribution in [0.4, 0.5) is 35.1 Å². The van der Waals surface area contributed by atoms with E-state index >= 15 is 0 Å². The van der Waals surface area contributed by atoms with Gasteiger partial charge in [-0.1, -0.05) is 0 Å². The molecule has 10 heteroatoms. The minimum Gasteiger partial charge on any atom is -0.331 e. The Morgan fingerprint density at radius 1 is 0.636 bits per heavy atom. The van der Waals surface area contributed by atoms with Gasteiger partial charge in [-0.3, -0.25) is 0 Å². The minimum atomic E-state index is -5.48. The minimum absolute atomic E-state index is 0.133. The van der Waals surface area contributed by atoms with Gasteiger partial charge in [-0.25, -0.2) is 0 Å². The topological polar surface area (TPSA) is 40.5 Å². The van der Waals surface area contributed by atoms with Gasteiger partial charge in [-0.05, 0) is 37.1 Å². The normalized spacial score (nSPS) is 14.4. The van der Waals surface area contributed by atoms with Crippen LogP contribution in [0.15, 0.2) is 12.1 Å². The smallest absolute Gasteiger partial charge is 0.331 e. The predicted molar refractivity (Wildman–Crippen MR) is 58.0 cm³/mol. The number of benzene rings is 1. The molecule has 0 saturated heterocycles. The van der Waals surface area contributed by atoms with Crippen LogP contribution >= 0.6 is 0 Å². The molecule has 1 rings (SSSR count). The van der Waals surface area contributed by atoms with Gasteiger partial charge in [-0.15, -0.1) is 0 Å². The van der Waals surface area contributed by atoms with Crippen molar-refractivity contribution >= 4 is 0 Å². The molecular formula is C12H10F8O2. The molecule has 1 aromatic carbocycles. The monoisotopic (exact) mass is 338 g/mol. The SMILES string of the molecule is Cc1cc(C(F)(F)C(O)(F)F)c(C)cc1C(F)(F)C(O)(F)F. The van der Waals surface area contributed by atoms with Crippen molar-refractivity contribution in [2.45, 2.75) is 37.9 Å². The molecule has 0 unspecified atom stereocenters. The summed E-state index contributed by atoms with van der Waals surface area (Å²) < 4.78 is 104. The molecule has 0 bridgehead atoms. The lowest BCUT2D eigenvalue weighted by Crippen LogP contribution is -2.40. The standard InChI is InChI=1S/C12H10F8O2/c1-5-3-8(10(15,16)12(19,20)22)6(2)4-7(5)9(13,14)11(17,18)21/h3-4,21-22H,1-2H3. The van der Waals surface area contributed by atoms with Crippen LogP contribution in [0.5, 0.6) is 0 Å². The van der Waals surface area contributed by atoms with Crippen LogP contribution in [-0.4, -0.2) is 22.4 Å². The van der Waals surface area contributed by atoms with E-state index in [1.54, 1.807) is 0 Å². The summed E-state index contributed by atoms with van der Waals surface area (Å²) in [4.78, 5) is 0. The van der Waals surface area contributed by atoms with E-state index in [4.69, 9.17) is 10.2 Å². The van der Waals surface area contributed by atoms with Gasteiger partial charge in [0.05, 0.1) is 0 Å². The van der Waals surface area contributed by atoms with Gasteiger partial charge in [-0.2, -0.15) is 35.1 Å². The molecule has 1 aromatic rings. The highest BCUT2D eigenvalue weighted by atomic mass is 19.3. The molecule has 0 radical (unpaired) electrons. The molecule has 2 N–H and O–H groups in total. The Balaban J connectivity index is 3.55. The Morgan fingerprint density at radius 2 is 0.864 bits per heavy atom. The molecule has 22 heavy (non-hydrogen) atoms. The van der Waals surface area contributed by atoms with Crippen LogP contribution < -0.4 is 0 Å². The molecule has 0 atom stereocenters. The zero-order chi connectivity index (χ0) is 17.7. The van der Waals surface area contributed by atoms with Crippen LogP contribution in [0.25, 0.3) is 0 Å². The summed E-state index contributed by atoms with van der Waals surface area (Å²) in [6.45, 7) is 1.40. The van der Waals surface area contributed by atoms with E-state index in [9.17, 15) is 35.1 Å². The molecule has 0 amide bonds. The number of alkyl halides is 8. The third kappa shape index (κ3) is 2.89. The zero-order valence-corrected chi connectivity index (χ0v) is 11.1. The second kappa shape index (κ2) is 5.05. The summed E-state index contributed by atoms with van der Waals surface area (Å²) in [6, 6.07) is 0.267. The van der Waals surface area contributed by atoms with E-state index in [0.717, 1.165) is 0 Å². The molecule has 0 saturated carbocycles. The maximum atomic E-state index is 13.4. The molecule has 0 aliphatic carbocycles. The first-order valence-corrected chi connectivity index (χ1v) is 5.61. The van der Waals surface area contributed by atoms with Gasteiger partial charge in [0.1, 0.15) is 0 Å². The lowest BCUT2D eigenvalue weighted by atomic mass is 9.92. The quantitative estimate of drug-likeness (QED) is 0.823. The summed E-state index contributed by atoms with van der Waals surface area (Å²) in [5.41, 5.74) is -4.77. The van der Waals surface area contributed by atoms with Crippen LogP contribution in [0, 0.1) is 13.8 Å². The second-order valence-electron chi connectivity index (χ2n) is 4.71. The molecule has 0 aliphatic heterocycles. The summed E-state index contributed by atoms with van der Waals surface area (Å²) in [7, 11) is 0. The van der Waals surface area contributed by atoms with E-state index in [1.807, 2.05) is 0 Å². The van der Waals surface area contributed by atoms with Crippen molar-refractivity contribution in [2.24, 2.45) is 0 Å². The molecule has 0 aromatic heterocycles. The van der Waals surface area contributed by atoms with Crippen molar-refractivity contribution in [1.29, 1.82) is 0 Å². The van der Waals surface area contributed by atoms with E-state index < -0.39 is 46.3 Å². The lowest BCUT2D eigenvalue weighted by molar-refractivity contribution is -0.333. The molecule has 2 nitrogen and oxygen atoms in total. The average molecular weight is 338 g/mol. The van der Waals surface area contributed by atoms with Crippen molar-refractivity contribution in [2.75, 3.05) is 0 Å². The fourth-order valence-electron chi connectivity index (χ4n) is 1.82. The maximum absolute atomic E-state index is 13.4. The first-order chi connectivity index (χ1) is 9.53. The third-order valence-corrected chi connectivity index (χ3v) is 3.00. The lowest BCUT2D eigenvalue weighted by Gasteiger charge is -2.27. The zero-order valence-electron chi connectivity index (χ0n) is 11.1. The second-order valence-corrected chi connectivity index (χ2v) is 4.71. The highest BCUT2D eigenvalue weighted by molar-refractivity contribution is 5.42. The van der Waals surface area contributed by atoms with Crippen LogP contribution in [-0.2, 0) is 11.8 Å². The van der Waals surface area contributed by atoms with Crippen LogP contribution in [0.2, 0.25) is 0 Å². The molecule has 0 spiro atoms. The van der Waals surface area contributed by atoms with E-state index in [2.05, 4.69) is 0 Å². The van der Waals surface area contributed by atoms with Crippen LogP contribution in [0.3, 0.4) is 0 Å². The Hall–Kier alpha value is -1.42. The van der Waals surface area contributed by atoms with Gasteiger partial charge in [0.25, 0.3) is 0 Å². The van der Waals surface area contributed by atoms with Crippen molar-refractivity contribution in [3.05, 3.63) is 34.4 Å². The van der Waals surface area contributed by atoms with Crippen molar-refractivity contribution in [1.82, 2.24) is 0 Å². The summed E-state index contributed by atoms with van der Waals surface area (Å²) in [5.74, 6) is -10.2. The predicted octanol–water partition coefficient (Wildman–Crippen LogP) is 3.66. The Bertz CT molecular complexity index is 520. The average Bonchev–Trinajstić information content (AvgIpc) is 2.28. The Morgan fingerprint density at radius 3 is 1.05 bits per heavy atom. The largest absolute Gasteiger partial charge is 0.421 e. The summed E-state index contributed by atoms with van der Waals surface area (Å²) in [6.07, 6.45) is -11.0. The summed E-state index contributed by atoms with van der Waals surface area (Å²) >= 11 is 0. The van der Waals surface area contributed by atoms with Crippen LogP contribution in [0.1, 0.15) is 22.3 Å². The number of aliphatic hydroxyl groups is 2. The van der Waals surface area contributed by atoms with Crippen molar-refractivity contribution in [3.63, 3.8) is 0 Å². The Kier molecular flexibility index (Phi) is 4.28. The fraction of sp³-hybridized carbons (Fsp3) is 0.500. The highest BCUT2D eigenvalue weighted by Crippen LogP contribution is 2.47. The van der Waals surface area contributed by atoms with E-state index in [0.29, 0.717) is 13.8 Å². The van der Waals surface area contributed by atoms with Gasteiger partial charge in [0, 0.05) is 11.1 Å². The number of rotatable bonds is 4. The third-order valence-electron chi connectivity index (χ3n) is 3.00. The first kappa shape index (κ1) is 18.6. The van der Waals surface area contributed by atoms with Gasteiger partial charge in [0.2, 0.25) is 0 Å².